The van der Waals surface area contributed by atoms with Crippen LogP contribution < -0.4 is 10.5 Å². The minimum absolute atomic E-state index is 0.222. The average molecular weight is 300 g/mol. The summed E-state index contributed by atoms with van der Waals surface area (Å²) in [6.45, 7) is 8.39. The Morgan fingerprint density at radius 3 is 2.24 bits per heavy atom. The lowest BCUT2D eigenvalue weighted by molar-refractivity contribution is 0.404. The molecule has 0 aliphatic heterocycles. The van der Waals surface area contributed by atoms with Crippen LogP contribution in [0.25, 0.3) is 0 Å². The van der Waals surface area contributed by atoms with Crippen molar-refractivity contribution in [1.82, 2.24) is 0 Å². The van der Waals surface area contributed by atoms with E-state index in [0.29, 0.717) is 0 Å². The molecular formula is C14H22BrNO. The summed E-state index contributed by atoms with van der Waals surface area (Å²) in [4.78, 5) is 0. The zero-order valence-corrected chi connectivity index (χ0v) is 12.9. The fourth-order valence-corrected chi connectivity index (χ4v) is 2.63. The van der Waals surface area contributed by atoms with Crippen LogP contribution in [0, 0.1) is 20.8 Å². The zero-order valence-electron chi connectivity index (χ0n) is 11.4. The van der Waals surface area contributed by atoms with Crippen molar-refractivity contribution in [2.24, 2.45) is 5.73 Å². The molecule has 2 N–H and O–H groups in total. The van der Waals surface area contributed by atoms with Crippen LogP contribution in [0.3, 0.4) is 0 Å². The number of hydrogen-bond acceptors (Lipinski definition) is 2. The molecule has 0 bridgehead atoms. The lowest BCUT2D eigenvalue weighted by Crippen LogP contribution is -2.16. The third kappa shape index (κ3) is 3.02. The van der Waals surface area contributed by atoms with Crippen molar-refractivity contribution >= 4 is 15.9 Å². The van der Waals surface area contributed by atoms with Gasteiger partial charge in [0.25, 0.3) is 0 Å². The number of halogens is 1. The van der Waals surface area contributed by atoms with Gasteiger partial charge in [-0.1, -0.05) is 15.9 Å². The van der Waals surface area contributed by atoms with Crippen molar-refractivity contribution in [3.63, 3.8) is 0 Å². The fraction of sp³-hybridized carbons (Fsp3) is 0.571. The Hall–Kier alpha value is -0.540. The van der Waals surface area contributed by atoms with Crippen molar-refractivity contribution in [2.75, 3.05) is 7.11 Å². The first-order valence-corrected chi connectivity index (χ1v) is 6.77. The second-order valence-electron chi connectivity index (χ2n) is 4.72. The van der Waals surface area contributed by atoms with Crippen molar-refractivity contribution in [1.29, 1.82) is 0 Å². The van der Waals surface area contributed by atoms with Crippen molar-refractivity contribution in [3.05, 3.63) is 26.7 Å². The van der Waals surface area contributed by atoms with Gasteiger partial charge in [0.05, 0.1) is 7.11 Å². The molecule has 17 heavy (non-hydrogen) atoms. The van der Waals surface area contributed by atoms with Gasteiger partial charge in [-0.3, -0.25) is 0 Å². The van der Waals surface area contributed by atoms with E-state index in [4.69, 9.17) is 10.5 Å². The maximum Gasteiger partial charge on any atom is 0.125 e. The maximum atomic E-state index is 5.84. The van der Waals surface area contributed by atoms with Gasteiger partial charge < -0.3 is 10.5 Å². The summed E-state index contributed by atoms with van der Waals surface area (Å²) in [5.41, 5.74) is 10.8. The van der Waals surface area contributed by atoms with Gasteiger partial charge in [-0.25, -0.2) is 0 Å². The summed E-state index contributed by atoms with van der Waals surface area (Å²) in [5, 5.41) is 0. The molecule has 1 atom stereocenters. The molecule has 0 fully saturated rings. The Morgan fingerprint density at radius 1 is 1.18 bits per heavy atom. The van der Waals surface area contributed by atoms with Gasteiger partial charge >= 0.3 is 0 Å². The Balaban J connectivity index is 3.26. The number of benzene rings is 1. The Morgan fingerprint density at radius 2 is 1.76 bits per heavy atom. The van der Waals surface area contributed by atoms with Gasteiger partial charge in [0, 0.05) is 10.5 Å². The van der Waals surface area contributed by atoms with Crippen LogP contribution in [0.2, 0.25) is 0 Å². The molecule has 1 aromatic rings. The van der Waals surface area contributed by atoms with E-state index in [2.05, 4.69) is 36.7 Å². The van der Waals surface area contributed by atoms with Gasteiger partial charge in [0.1, 0.15) is 5.75 Å². The molecule has 1 rings (SSSR count). The second-order valence-corrected chi connectivity index (χ2v) is 5.51. The van der Waals surface area contributed by atoms with E-state index in [-0.39, 0.29) is 6.04 Å². The lowest BCUT2D eigenvalue weighted by atomic mass is 9.95. The topological polar surface area (TPSA) is 35.2 Å². The van der Waals surface area contributed by atoms with Crippen LogP contribution in [0.4, 0.5) is 0 Å². The highest BCUT2D eigenvalue weighted by atomic mass is 79.9. The van der Waals surface area contributed by atoms with E-state index in [9.17, 15) is 0 Å². The van der Waals surface area contributed by atoms with Gasteiger partial charge in [-0.2, -0.15) is 0 Å². The molecule has 0 saturated heterocycles. The normalized spacial score (nSPS) is 12.6. The van der Waals surface area contributed by atoms with E-state index in [1.807, 2.05) is 6.92 Å². The largest absolute Gasteiger partial charge is 0.496 e. The summed E-state index contributed by atoms with van der Waals surface area (Å²) >= 11 is 3.66. The molecular weight excluding hydrogens is 278 g/mol. The third-order valence-electron chi connectivity index (χ3n) is 3.34. The van der Waals surface area contributed by atoms with Crippen molar-refractivity contribution in [2.45, 2.75) is 46.6 Å². The molecule has 1 aromatic carbocycles. The predicted octanol–water partition coefficient (Wildman–Crippen LogP) is 3.66. The molecule has 0 aliphatic rings. The van der Waals surface area contributed by atoms with Crippen LogP contribution in [-0.4, -0.2) is 13.2 Å². The smallest absolute Gasteiger partial charge is 0.125 e. The van der Waals surface area contributed by atoms with E-state index in [0.717, 1.165) is 18.6 Å². The molecule has 2 nitrogen and oxygen atoms in total. The highest BCUT2D eigenvalue weighted by Crippen LogP contribution is 2.36. The maximum absolute atomic E-state index is 5.84. The molecule has 0 amide bonds. The third-order valence-corrected chi connectivity index (χ3v) is 4.53. The van der Waals surface area contributed by atoms with Gasteiger partial charge in [-0.05, 0) is 62.8 Å². The molecule has 96 valence electrons. The number of ether oxygens (including phenoxy) is 1. The first-order valence-electron chi connectivity index (χ1n) is 5.97. The lowest BCUT2D eigenvalue weighted by Gasteiger charge is -2.19. The van der Waals surface area contributed by atoms with Crippen LogP contribution in [0.5, 0.6) is 5.75 Å². The molecule has 0 heterocycles. The highest BCUT2D eigenvalue weighted by Gasteiger charge is 2.16. The minimum Gasteiger partial charge on any atom is -0.496 e. The number of hydrogen-bond donors (Lipinski definition) is 1. The summed E-state index contributed by atoms with van der Waals surface area (Å²) in [6.07, 6.45) is 1.94. The van der Waals surface area contributed by atoms with Gasteiger partial charge in [-0.15, -0.1) is 0 Å². The van der Waals surface area contributed by atoms with E-state index in [1.165, 1.54) is 26.7 Å². The van der Waals surface area contributed by atoms with Crippen molar-refractivity contribution < 1.29 is 4.74 Å². The number of methoxy groups -OCH3 is 1. The van der Waals surface area contributed by atoms with Gasteiger partial charge in [0.2, 0.25) is 0 Å². The molecule has 1 unspecified atom stereocenters. The molecule has 0 spiro atoms. The minimum atomic E-state index is 0.222. The SMILES string of the molecule is COc1c(C)c(C)c(Br)c(C)c1CCC(C)N. The summed E-state index contributed by atoms with van der Waals surface area (Å²) in [6, 6.07) is 0.222. The number of rotatable bonds is 4. The second kappa shape index (κ2) is 5.87. The average Bonchev–Trinajstić information content (AvgIpc) is 2.29. The van der Waals surface area contributed by atoms with Crippen LogP contribution in [-0.2, 0) is 6.42 Å². The molecule has 0 aliphatic carbocycles. The standard InChI is InChI=1S/C14H22BrNO/c1-8(16)6-7-12-11(4)13(15)9(2)10(3)14(12)17-5/h8H,6-7,16H2,1-5H3. The Kier molecular flexibility index (Phi) is 5.02. The highest BCUT2D eigenvalue weighted by molar-refractivity contribution is 9.10. The molecule has 0 aromatic heterocycles. The summed E-state index contributed by atoms with van der Waals surface area (Å²) in [7, 11) is 1.74. The van der Waals surface area contributed by atoms with Crippen LogP contribution in [0.15, 0.2) is 4.47 Å². The summed E-state index contributed by atoms with van der Waals surface area (Å²) < 4.78 is 6.75. The Bertz CT molecular complexity index is 413. The van der Waals surface area contributed by atoms with Crippen LogP contribution >= 0.6 is 15.9 Å². The molecule has 0 radical (unpaired) electrons. The Labute approximate surface area is 113 Å². The predicted molar refractivity (Wildman–Crippen MR) is 76.9 cm³/mol. The molecule has 3 heteroatoms. The van der Waals surface area contributed by atoms with Crippen LogP contribution in [0.1, 0.15) is 35.6 Å². The van der Waals surface area contributed by atoms with E-state index in [1.54, 1.807) is 7.11 Å². The monoisotopic (exact) mass is 299 g/mol. The quantitative estimate of drug-likeness (QED) is 0.921. The van der Waals surface area contributed by atoms with E-state index >= 15 is 0 Å². The first-order chi connectivity index (χ1) is 7.90. The fourth-order valence-electron chi connectivity index (χ4n) is 2.09. The summed E-state index contributed by atoms with van der Waals surface area (Å²) in [5.74, 6) is 1.02. The van der Waals surface area contributed by atoms with E-state index < -0.39 is 0 Å². The number of nitrogens with two attached hydrogens (primary N) is 1. The molecule has 0 saturated carbocycles. The van der Waals surface area contributed by atoms with Gasteiger partial charge in [0.15, 0.2) is 0 Å². The first kappa shape index (κ1) is 14.5. The zero-order chi connectivity index (χ0) is 13.2. The van der Waals surface area contributed by atoms with Crippen molar-refractivity contribution in [3.8, 4) is 5.75 Å².